The minimum atomic E-state index is -1.37. The van der Waals surface area contributed by atoms with Crippen LogP contribution < -0.4 is 10.1 Å². The first-order valence-electron chi connectivity index (χ1n) is 5.53. The van der Waals surface area contributed by atoms with Crippen molar-refractivity contribution in [3.8, 4) is 5.75 Å². The fraction of sp³-hybridized carbons (Fsp3) is 0.385. The molecule has 0 aromatic heterocycles. The van der Waals surface area contributed by atoms with Crippen LogP contribution in [-0.4, -0.2) is 22.7 Å². The number of carbonyl (C=O) groups is 2. The molecule has 0 heterocycles. The molecule has 18 heavy (non-hydrogen) atoms. The van der Waals surface area contributed by atoms with Crippen molar-refractivity contribution in [1.29, 1.82) is 0 Å². The number of benzene rings is 1. The molecular weight excluding hydrogens is 234 g/mol. The van der Waals surface area contributed by atoms with Crippen LogP contribution >= 0.6 is 0 Å². The Morgan fingerprint density at radius 3 is 2.39 bits per heavy atom. The number of carbonyl (C=O) groups excluding carboxylic acids is 1. The Morgan fingerprint density at radius 2 is 1.89 bits per heavy atom. The van der Waals surface area contributed by atoms with Gasteiger partial charge >= 0.3 is 12.1 Å². The number of aliphatic carboxylic acids is 1. The van der Waals surface area contributed by atoms with E-state index in [0.717, 1.165) is 11.1 Å². The van der Waals surface area contributed by atoms with E-state index in [4.69, 9.17) is 9.84 Å². The Hall–Kier alpha value is -2.04. The summed E-state index contributed by atoms with van der Waals surface area (Å²) in [6.07, 6.45) is -0.783. The fourth-order valence-corrected chi connectivity index (χ4v) is 1.35. The Morgan fingerprint density at radius 1 is 1.28 bits per heavy atom. The molecule has 0 bridgehead atoms. The predicted octanol–water partition coefficient (Wildman–Crippen LogP) is 2.26. The van der Waals surface area contributed by atoms with E-state index in [1.54, 1.807) is 6.07 Å². The van der Waals surface area contributed by atoms with Crippen LogP contribution in [0.2, 0.25) is 0 Å². The highest BCUT2D eigenvalue weighted by Crippen LogP contribution is 2.19. The molecule has 0 unspecified atom stereocenters. The van der Waals surface area contributed by atoms with Crippen LogP contribution in [0.4, 0.5) is 4.79 Å². The van der Waals surface area contributed by atoms with E-state index in [0.29, 0.717) is 5.75 Å². The van der Waals surface area contributed by atoms with Gasteiger partial charge in [0.2, 0.25) is 0 Å². The molecule has 1 amide bonds. The second kappa shape index (κ2) is 5.08. The maximum Gasteiger partial charge on any atom is 0.413 e. The van der Waals surface area contributed by atoms with E-state index in [-0.39, 0.29) is 0 Å². The Kier molecular flexibility index (Phi) is 3.96. The SMILES string of the molecule is Cc1ccc(OC(=O)NC(C)(C)C(=O)O)c(C)c1. The van der Waals surface area contributed by atoms with Crippen molar-refractivity contribution in [3.05, 3.63) is 29.3 Å². The standard InChI is InChI=1S/C13H17NO4/c1-8-5-6-10(9(2)7-8)18-12(17)14-13(3,4)11(15)16/h5-7H,1-4H3,(H,14,17)(H,15,16). The molecule has 1 aromatic carbocycles. The van der Waals surface area contributed by atoms with Crippen molar-refractivity contribution in [2.45, 2.75) is 33.2 Å². The molecule has 1 aromatic rings. The minimum Gasteiger partial charge on any atom is -0.480 e. The van der Waals surface area contributed by atoms with Crippen LogP contribution in [0.3, 0.4) is 0 Å². The summed E-state index contributed by atoms with van der Waals surface area (Å²) in [6.45, 7) is 6.53. The molecule has 5 heteroatoms. The zero-order valence-electron chi connectivity index (χ0n) is 10.9. The van der Waals surface area contributed by atoms with Crippen LogP contribution in [0.15, 0.2) is 18.2 Å². The summed E-state index contributed by atoms with van der Waals surface area (Å²) in [6, 6.07) is 5.38. The smallest absolute Gasteiger partial charge is 0.413 e. The molecule has 0 aliphatic carbocycles. The van der Waals surface area contributed by atoms with Gasteiger partial charge in [-0.1, -0.05) is 17.7 Å². The van der Waals surface area contributed by atoms with Gasteiger partial charge in [0.15, 0.2) is 0 Å². The number of nitrogens with one attached hydrogen (secondary N) is 1. The van der Waals surface area contributed by atoms with Gasteiger partial charge in [0.25, 0.3) is 0 Å². The number of carboxylic acids is 1. The van der Waals surface area contributed by atoms with Gasteiger partial charge in [-0.05, 0) is 39.3 Å². The molecule has 0 aliphatic rings. The minimum absolute atomic E-state index is 0.416. The van der Waals surface area contributed by atoms with Crippen LogP contribution in [0, 0.1) is 13.8 Å². The third kappa shape index (κ3) is 3.48. The molecule has 0 saturated carbocycles. The Bertz CT molecular complexity index is 480. The number of rotatable bonds is 3. The number of ether oxygens (including phenoxy) is 1. The largest absolute Gasteiger partial charge is 0.480 e. The molecular formula is C13H17NO4. The summed E-state index contributed by atoms with van der Waals surface area (Å²) < 4.78 is 5.07. The average Bonchev–Trinajstić information content (AvgIpc) is 2.21. The molecule has 2 N–H and O–H groups in total. The van der Waals surface area contributed by atoms with Crippen molar-refractivity contribution >= 4 is 12.1 Å². The highest BCUT2D eigenvalue weighted by Gasteiger charge is 2.29. The zero-order valence-corrected chi connectivity index (χ0v) is 10.9. The number of hydrogen-bond donors (Lipinski definition) is 2. The van der Waals surface area contributed by atoms with Gasteiger partial charge in [0.05, 0.1) is 0 Å². The normalized spacial score (nSPS) is 10.9. The van der Waals surface area contributed by atoms with Crippen molar-refractivity contribution in [3.63, 3.8) is 0 Å². The van der Waals surface area contributed by atoms with Crippen molar-refractivity contribution in [2.24, 2.45) is 0 Å². The lowest BCUT2D eigenvalue weighted by molar-refractivity contribution is -0.143. The topological polar surface area (TPSA) is 75.6 Å². The van der Waals surface area contributed by atoms with Crippen molar-refractivity contribution in [1.82, 2.24) is 5.32 Å². The molecule has 0 spiro atoms. The maximum absolute atomic E-state index is 11.6. The van der Waals surface area contributed by atoms with Gasteiger partial charge in [0, 0.05) is 0 Å². The highest BCUT2D eigenvalue weighted by molar-refractivity contribution is 5.84. The molecule has 98 valence electrons. The maximum atomic E-state index is 11.6. The van der Waals surface area contributed by atoms with Crippen LogP contribution in [0.5, 0.6) is 5.75 Å². The molecule has 1 rings (SSSR count). The molecule has 0 radical (unpaired) electrons. The summed E-state index contributed by atoms with van der Waals surface area (Å²) >= 11 is 0. The molecule has 0 atom stereocenters. The van der Waals surface area contributed by atoms with Crippen molar-refractivity contribution in [2.75, 3.05) is 0 Å². The summed E-state index contributed by atoms with van der Waals surface area (Å²) in [5.41, 5.74) is 0.514. The molecule has 5 nitrogen and oxygen atoms in total. The third-order valence-electron chi connectivity index (χ3n) is 2.48. The first-order chi connectivity index (χ1) is 8.22. The van der Waals surface area contributed by atoms with E-state index >= 15 is 0 Å². The zero-order chi connectivity index (χ0) is 13.9. The fourth-order valence-electron chi connectivity index (χ4n) is 1.35. The molecule has 0 aliphatic heterocycles. The lowest BCUT2D eigenvalue weighted by atomic mass is 10.1. The van der Waals surface area contributed by atoms with Gasteiger partial charge in [-0.15, -0.1) is 0 Å². The Balaban J connectivity index is 2.74. The number of carboxylic acid groups (broad SMARTS) is 1. The van der Waals surface area contributed by atoms with E-state index in [9.17, 15) is 9.59 Å². The number of hydrogen-bond acceptors (Lipinski definition) is 3. The van der Waals surface area contributed by atoms with E-state index in [1.807, 2.05) is 26.0 Å². The van der Waals surface area contributed by atoms with Gasteiger partial charge in [-0.3, -0.25) is 0 Å². The van der Waals surface area contributed by atoms with E-state index < -0.39 is 17.6 Å². The average molecular weight is 251 g/mol. The van der Waals surface area contributed by atoms with Crippen molar-refractivity contribution < 1.29 is 19.4 Å². The molecule has 0 saturated heterocycles. The lowest BCUT2D eigenvalue weighted by Crippen LogP contribution is -2.50. The third-order valence-corrected chi connectivity index (χ3v) is 2.48. The van der Waals surface area contributed by atoms with Crippen LogP contribution in [0.1, 0.15) is 25.0 Å². The summed E-state index contributed by atoms with van der Waals surface area (Å²) in [5.74, 6) is -0.709. The number of aryl methyl sites for hydroxylation is 2. The first-order valence-corrected chi connectivity index (χ1v) is 5.53. The highest BCUT2D eigenvalue weighted by atomic mass is 16.6. The lowest BCUT2D eigenvalue weighted by Gasteiger charge is -2.20. The van der Waals surface area contributed by atoms with E-state index in [1.165, 1.54) is 13.8 Å². The summed E-state index contributed by atoms with van der Waals surface area (Å²) in [4.78, 5) is 22.4. The Labute approximate surface area is 106 Å². The van der Waals surface area contributed by atoms with Crippen LogP contribution in [0.25, 0.3) is 0 Å². The molecule has 0 fully saturated rings. The summed E-state index contributed by atoms with van der Waals surface area (Å²) in [7, 11) is 0. The summed E-state index contributed by atoms with van der Waals surface area (Å²) in [5, 5.41) is 11.2. The van der Waals surface area contributed by atoms with Gasteiger partial charge in [0.1, 0.15) is 11.3 Å². The van der Waals surface area contributed by atoms with Gasteiger partial charge in [-0.2, -0.15) is 0 Å². The predicted molar refractivity (Wildman–Crippen MR) is 66.8 cm³/mol. The van der Waals surface area contributed by atoms with Gasteiger partial charge in [-0.25, -0.2) is 9.59 Å². The second-order valence-corrected chi connectivity index (χ2v) is 4.71. The first kappa shape index (κ1) is 14.0. The van der Waals surface area contributed by atoms with E-state index in [2.05, 4.69) is 5.32 Å². The van der Waals surface area contributed by atoms with Gasteiger partial charge < -0.3 is 15.2 Å². The quantitative estimate of drug-likeness (QED) is 0.864. The van der Waals surface area contributed by atoms with Crippen LogP contribution in [-0.2, 0) is 4.79 Å². The monoisotopic (exact) mass is 251 g/mol. The number of amides is 1. The second-order valence-electron chi connectivity index (χ2n) is 4.71.